The van der Waals surface area contributed by atoms with Crippen LogP contribution in [0.25, 0.3) is 5.52 Å². The lowest BCUT2D eigenvalue weighted by Crippen LogP contribution is -2.49. The predicted molar refractivity (Wildman–Crippen MR) is 106 cm³/mol. The number of amides is 3. The largest absolute Gasteiger partial charge is 0.328 e. The van der Waals surface area contributed by atoms with Gasteiger partial charge in [0, 0.05) is 25.2 Å². The summed E-state index contributed by atoms with van der Waals surface area (Å²) in [7, 11) is 0. The topological polar surface area (TPSA) is 70.0 Å². The highest BCUT2D eigenvalue weighted by Crippen LogP contribution is 2.31. The number of carbonyl (C=O) groups excluding carboxylic acids is 2. The van der Waals surface area contributed by atoms with Gasteiger partial charge in [0.25, 0.3) is 0 Å². The van der Waals surface area contributed by atoms with Crippen LogP contribution in [0.2, 0.25) is 0 Å². The van der Waals surface area contributed by atoms with Gasteiger partial charge in [0.05, 0.1) is 17.4 Å². The first kappa shape index (κ1) is 17.7. The first-order valence-corrected chi connectivity index (χ1v) is 10.5. The lowest BCUT2D eigenvalue weighted by molar-refractivity contribution is -0.120. The van der Waals surface area contributed by atoms with E-state index in [4.69, 9.17) is 0 Å². The fourth-order valence-electron chi connectivity index (χ4n) is 4.75. The fourth-order valence-corrected chi connectivity index (χ4v) is 4.75. The van der Waals surface area contributed by atoms with Crippen molar-refractivity contribution in [2.75, 3.05) is 24.5 Å². The third-order valence-corrected chi connectivity index (χ3v) is 6.67. The van der Waals surface area contributed by atoms with E-state index in [2.05, 4.69) is 27.4 Å². The molecule has 2 aliphatic heterocycles. The molecule has 1 N–H and O–H groups in total. The number of hydrogen-bond donors (Lipinski definition) is 1. The van der Waals surface area contributed by atoms with Crippen molar-refractivity contribution in [1.29, 1.82) is 0 Å². The third kappa shape index (κ3) is 3.28. The van der Waals surface area contributed by atoms with Crippen LogP contribution in [-0.4, -0.2) is 52.1 Å². The van der Waals surface area contributed by atoms with E-state index in [1.54, 1.807) is 11.1 Å². The van der Waals surface area contributed by atoms with Gasteiger partial charge in [-0.3, -0.25) is 15.0 Å². The molecule has 4 heterocycles. The summed E-state index contributed by atoms with van der Waals surface area (Å²) in [5.74, 6) is 0.507. The lowest BCUT2D eigenvalue weighted by atomic mass is 9.86. The quantitative estimate of drug-likeness (QED) is 0.884. The first-order chi connectivity index (χ1) is 13.7. The van der Waals surface area contributed by atoms with Gasteiger partial charge in [0.1, 0.15) is 0 Å². The Bertz CT molecular complexity index is 895. The molecule has 7 heteroatoms. The summed E-state index contributed by atoms with van der Waals surface area (Å²) < 4.78 is 1.81. The minimum absolute atomic E-state index is 0.216. The molecule has 0 aromatic carbocycles. The Labute approximate surface area is 164 Å². The van der Waals surface area contributed by atoms with Gasteiger partial charge in [-0.05, 0) is 68.8 Å². The molecule has 0 radical (unpaired) electrons. The van der Waals surface area contributed by atoms with Gasteiger partial charge in [-0.1, -0.05) is 6.42 Å². The number of anilines is 1. The molecule has 3 fully saturated rings. The summed E-state index contributed by atoms with van der Waals surface area (Å²) in [6.07, 6.45) is 11.8. The maximum atomic E-state index is 12.2. The second-order valence-electron chi connectivity index (χ2n) is 8.42. The van der Waals surface area contributed by atoms with Crippen molar-refractivity contribution in [3.05, 3.63) is 30.1 Å². The second-order valence-corrected chi connectivity index (χ2v) is 8.42. The van der Waals surface area contributed by atoms with E-state index in [0.29, 0.717) is 13.0 Å². The highest BCUT2D eigenvalue weighted by molar-refractivity contribution is 6.07. The van der Waals surface area contributed by atoms with Crippen LogP contribution < -0.4 is 10.2 Å². The number of piperidine rings is 1. The molecule has 3 aliphatic rings. The van der Waals surface area contributed by atoms with Gasteiger partial charge in [0.15, 0.2) is 0 Å². The van der Waals surface area contributed by atoms with Gasteiger partial charge in [0.2, 0.25) is 5.91 Å². The molecule has 2 saturated heterocycles. The summed E-state index contributed by atoms with van der Waals surface area (Å²) in [5.41, 5.74) is 2.99. The minimum atomic E-state index is -0.361. The molecule has 0 unspecified atom stereocenters. The van der Waals surface area contributed by atoms with E-state index in [9.17, 15) is 9.59 Å². The SMILES string of the molecule is O=C1CCN(c2cnn3ccc(CC4CCN(C5CCC5)CC4)cc23)C(=O)N1. The average molecular weight is 381 g/mol. The predicted octanol–water partition coefficient (Wildman–Crippen LogP) is 2.59. The number of rotatable bonds is 4. The molecule has 3 amide bonds. The molecule has 2 aromatic heterocycles. The number of urea groups is 1. The van der Waals surface area contributed by atoms with Gasteiger partial charge in [-0.2, -0.15) is 5.10 Å². The van der Waals surface area contributed by atoms with Crippen molar-refractivity contribution in [3.8, 4) is 0 Å². The zero-order valence-electron chi connectivity index (χ0n) is 16.1. The number of nitrogens with one attached hydrogen (secondary N) is 1. The zero-order chi connectivity index (χ0) is 19.1. The number of imide groups is 1. The lowest BCUT2D eigenvalue weighted by Gasteiger charge is -2.41. The van der Waals surface area contributed by atoms with Crippen molar-refractivity contribution >= 4 is 23.1 Å². The van der Waals surface area contributed by atoms with Crippen molar-refractivity contribution in [2.45, 2.75) is 51.0 Å². The molecule has 0 atom stereocenters. The fraction of sp³-hybridized carbons (Fsp3) is 0.571. The third-order valence-electron chi connectivity index (χ3n) is 6.67. The van der Waals surface area contributed by atoms with E-state index in [-0.39, 0.29) is 11.9 Å². The molecule has 0 bridgehead atoms. The molecular formula is C21H27N5O2. The van der Waals surface area contributed by atoms with Crippen molar-refractivity contribution in [3.63, 3.8) is 0 Å². The normalized spacial score (nSPS) is 22.5. The Morgan fingerprint density at radius 2 is 1.93 bits per heavy atom. The Kier molecular flexibility index (Phi) is 4.55. The number of aromatic nitrogens is 2. The highest BCUT2D eigenvalue weighted by atomic mass is 16.2. The van der Waals surface area contributed by atoms with Crippen LogP contribution in [0.5, 0.6) is 0 Å². The van der Waals surface area contributed by atoms with Crippen molar-refractivity contribution in [1.82, 2.24) is 19.8 Å². The van der Waals surface area contributed by atoms with Crippen LogP contribution in [0.1, 0.15) is 44.1 Å². The second kappa shape index (κ2) is 7.20. The molecule has 28 heavy (non-hydrogen) atoms. The van der Waals surface area contributed by atoms with Crippen LogP contribution in [0, 0.1) is 5.92 Å². The number of likely N-dealkylation sites (tertiary alicyclic amines) is 1. The summed E-state index contributed by atoms with van der Waals surface area (Å²) in [6, 6.07) is 4.79. The van der Waals surface area contributed by atoms with E-state index < -0.39 is 0 Å². The van der Waals surface area contributed by atoms with E-state index in [1.165, 1.54) is 50.8 Å². The van der Waals surface area contributed by atoms with Gasteiger partial charge >= 0.3 is 6.03 Å². The Hall–Kier alpha value is -2.41. The number of carbonyl (C=O) groups is 2. The number of hydrogen-bond acceptors (Lipinski definition) is 4. The van der Waals surface area contributed by atoms with Crippen LogP contribution in [0.3, 0.4) is 0 Å². The molecule has 5 rings (SSSR count). The average Bonchev–Trinajstić information content (AvgIpc) is 3.05. The maximum absolute atomic E-state index is 12.2. The molecule has 148 valence electrons. The Balaban J connectivity index is 1.29. The van der Waals surface area contributed by atoms with Crippen LogP contribution >= 0.6 is 0 Å². The monoisotopic (exact) mass is 381 g/mol. The van der Waals surface area contributed by atoms with Crippen molar-refractivity contribution < 1.29 is 9.59 Å². The molecule has 1 aliphatic carbocycles. The number of fused-ring (bicyclic) bond motifs is 1. The standard InChI is InChI=1S/C21H27N5O2/c27-20-7-10-25(21(28)23-20)19-14-22-26-11-6-16(13-18(19)26)12-15-4-8-24(9-5-15)17-2-1-3-17/h6,11,13-15,17H,1-5,7-10,12H2,(H,23,27,28). The van der Waals surface area contributed by atoms with E-state index >= 15 is 0 Å². The number of pyridine rings is 1. The molecule has 1 saturated carbocycles. The van der Waals surface area contributed by atoms with Gasteiger partial charge in [-0.25, -0.2) is 9.31 Å². The van der Waals surface area contributed by atoms with E-state index in [1.807, 2.05) is 10.7 Å². The molecule has 7 nitrogen and oxygen atoms in total. The summed E-state index contributed by atoms with van der Waals surface area (Å²) >= 11 is 0. The van der Waals surface area contributed by atoms with Gasteiger partial charge in [-0.15, -0.1) is 0 Å². The summed E-state index contributed by atoms with van der Waals surface area (Å²) in [5, 5.41) is 6.78. The number of nitrogens with zero attached hydrogens (tertiary/aromatic N) is 4. The molecule has 2 aromatic rings. The van der Waals surface area contributed by atoms with Crippen LogP contribution in [-0.2, 0) is 11.2 Å². The minimum Gasteiger partial charge on any atom is -0.300 e. The van der Waals surface area contributed by atoms with Crippen LogP contribution in [0.4, 0.5) is 10.5 Å². The Morgan fingerprint density at radius 3 is 2.64 bits per heavy atom. The zero-order valence-corrected chi connectivity index (χ0v) is 16.1. The summed E-state index contributed by atoms with van der Waals surface area (Å²) in [4.78, 5) is 28.0. The smallest absolute Gasteiger partial charge is 0.300 e. The molecular weight excluding hydrogens is 354 g/mol. The maximum Gasteiger partial charge on any atom is 0.328 e. The van der Waals surface area contributed by atoms with Gasteiger partial charge < -0.3 is 4.90 Å². The highest BCUT2D eigenvalue weighted by Gasteiger charge is 2.29. The van der Waals surface area contributed by atoms with Crippen molar-refractivity contribution in [2.24, 2.45) is 5.92 Å². The Morgan fingerprint density at radius 1 is 1.11 bits per heavy atom. The van der Waals surface area contributed by atoms with E-state index in [0.717, 1.165) is 29.6 Å². The van der Waals surface area contributed by atoms with Crippen LogP contribution in [0.15, 0.2) is 24.5 Å². The summed E-state index contributed by atoms with van der Waals surface area (Å²) in [6.45, 7) is 2.87. The first-order valence-electron chi connectivity index (χ1n) is 10.5. The molecule has 0 spiro atoms.